The van der Waals surface area contributed by atoms with Crippen molar-refractivity contribution in [1.29, 1.82) is 10.5 Å². The number of aromatic nitrogens is 2. The second kappa shape index (κ2) is 10.9. The Morgan fingerprint density at radius 3 is 1.38 bits per heavy atom. The molecule has 4 heteroatoms. The van der Waals surface area contributed by atoms with E-state index in [4.69, 9.17) is 0 Å². The first kappa shape index (κ1) is 27.4. The summed E-state index contributed by atoms with van der Waals surface area (Å²) >= 11 is 0. The van der Waals surface area contributed by atoms with E-state index in [2.05, 4.69) is 118 Å². The van der Waals surface area contributed by atoms with Crippen LogP contribution >= 0.6 is 0 Å². The quantitative estimate of drug-likeness (QED) is 0.199. The predicted octanol–water partition coefficient (Wildman–Crippen LogP) is 11.0. The number of hydrogen-bond acceptors (Lipinski definition) is 2. The van der Waals surface area contributed by atoms with Crippen LogP contribution in [0, 0.1) is 22.7 Å². The van der Waals surface area contributed by atoms with E-state index in [-0.39, 0.29) is 0 Å². The highest BCUT2D eigenvalue weighted by Gasteiger charge is 2.21. The maximum Gasteiger partial charge on any atom is 0.101 e. The Labute approximate surface area is 277 Å². The molecule has 2 aromatic heterocycles. The normalized spacial score (nSPS) is 11.3. The van der Waals surface area contributed by atoms with Gasteiger partial charge in [0.05, 0.1) is 44.6 Å². The van der Waals surface area contributed by atoms with Gasteiger partial charge in [-0.15, -0.1) is 0 Å². The number of rotatable bonds is 4. The van der Waals surface area contributed by atoms with Gasteiger partial charge in [0.15, 0.2) is 0 Å². The summed E-state index contributed by atoms with van der Waals surface area (Å²) in [6.07, 6.45) is 0. The summed E-state index contributed by atoms with van der Waals surface area (Å²) in [5, 5.41) is 25.4. The van der Waals surface area contributed by atoms with Crippen molar-refractivity contribution in [3.63, 3.8) is 0 Å². The Bertz CT molecular complexity index is 2710. The molecule has 9 aromatic rings. The van der Waals surface area contributed by atoms with Gasteiger partial charge in [0.25, 0.3) is 0 Å². The van der Waals surface area contributed by atoms with Crippen molar-refractivity contribution in [3.8, 4) is 45.8 Å². The molecule has 0 amide bonds. The van der Waals surface area contributed by atoms with Crippen molar-refractivity contribution >= 4 is 43.6 Å². The van der Waals surface area contributed by atoms with Crippen molar-refractivity contribution in [1.82, 2.24) is 9.13 Å². The largest absolute Gasteiger partial charge is 0.308 e. The van der Waals surface area contributed by atoms with Crippen LogP contribution in [0.4, 0.5) is 0 Å². The van der Waals surface area contributed by atoms with Crippen LogP contribution in [0.1, 0.15) is 11.1 Å². The van der Waals surface area contributed by atoms with Crippen molar-refractivity contribution < 1.29 is 0 Å². The molecule has 9 rings (SSSR count). The van der Waals surface area contributed by atoms with E-state index >= 15 is 0 Å². The van der Waals surface area contributed by atoms with Gasteiger partial charge in [-0.25, -0.2) is 0 Å². The van der Waals surface area contributed by atoms with Gasteiger partial charge in [0, 0.05) is 27.1 Å². The summed E-state index contributed by atoms with van der Waals surface area (Å²) in [7, 11) is 0. The fraction of sp³-hybridized carbons (Fsp3) is 0. The molecule has 0 aliphatic carbocycles. The smallest absolute Gasteiger partial charge is 0.101 e. The average Bonchev–Trinajstić information content (AvgIpc) is 3.67. The number of benzene rings is 7. The SMILES string of the molecule is N#Cc1ccc(-c2ccccc2-c2cccc(C#N)c2-n2c3ccccc3c3ccccc32)cc1-n1c2ccccc2c2ccccc21. The molecule has 4 nitrogen and oxygen atoms in total. The topological polar surface area (TPSA) is 57.4 Å². The molecular formula is C44H26N4. The van der Waals surface area contributed by atoms with Crippen molar-refractivity contribution in [2.24, 2.45) is 0 Å². The predicted molar refractivity (Wildman–Crippen MR) is 195 cm³/mol. The molecule has 0 unspecified atom stereocenters. The lowest BCUT2D eigenvalue weighted by atomic mass is 9.91. The highest BCUT2D eigenvalue weighted by Crippen LogP contribution is 2.42. The average molecular weight is 611 g/mol. The molecule has 0 fully saturated rings. The fourth-order valence-electron chi connectivity index (χ4n) is 7.39. The van der Waals surface area contributed by atoms with E-state index in [0.29, 0.717) is 11.1 Å². The van der Waals surface area contributed by atoms with E-state index in [1.54, 1.807) is 0 Å². The zero-order valence-electron chi connectivity index (χ0n) is 25.8. The molecule has 0 saturated heterocycles. The molecule has 0 saturated carbocycles. The van der Waals surface area contributed by atoms with E-state index in [1.165, 1.54) is 0 Å². The number of nitriles is 2. The summed E-state index contributed by atoms with van der Waals surface area (Å²) in [6.45, 7) is 0. The van der Waals surface area contributed by atoms with Gasteiger partial charge < -0.3 is 9.13 Å². The number of hydrogen-bond donors (Lipinski definition) is 0. The van der Waals surface area contributed by atoms with Gasteiger partial charge >= 0.3 is 0 Å². The third kappa shape index (κ3) is 4.01. The Hall–Kier alpha value is -6.88. The molecule has 0 atom stereocenters. The van der Waals surface area contributed by atoms with E-state index in [0.717, 1.165) is 77.2 Å². The molecule has 7 aromatic carbocycles. The van der Waals surface area contributed by atoms with Gasteiger partial charge in [-0.1, -0.05) is 115 Å². The molecule has 0 radical (unpaired) electrons. The van der Waals surface area contributed by atoms with Gasteiger partial charge in [-0.05, 0) is 59.2 Å². The number of para-hydroxylation sites is 5. The molecular weight excluding hydrogens is 585 g/mol. The summed E-state index contributed by atoms with van der Waals surface area (Å²) in [5.41, 5.74) is 11.0. The van der Waals surface area contributed by atoms with Crippen molar-refractivity contribution in [3.05, 3.63) is 169 Å². The van der Waals surface area contributed by atoms with Crippen LogP contribution in [0.2, 0.25) is 0 Å². The zero-order valence-corrected chi connectivity index (χ0v) is 25.8. The van der Waals surface area contributed by atoms with Crippen LogP contribution in [0.5, 0.6) is 0 Å². The second-order valence-electron chi connectivity index (χ2n) is 11.9. The Kier molecular flexibility index (Phi) is 6.22. The fourth-order valence-corrected chi connectivity index (χ4v) is 7.39. The molecule has 0 bridgehead atoms. The zero-order chi connectivity index (χ0) is 32.2. The minimum Gasteiger partial charge on any atom is -0.308 e. The number of fused-ring (bicyclic) bond motifs is 6. The summed E-state index contributed by atoms with van der Waals surface area (Å²) in [6, 6.07) is 58.8. The monoisotopic (exact) mass is 610 g/mol. The lowest BCUT2D eigenvalue weighted by Gasteiger charge is -2.19. The number of nitrogens with zero attached hydrogens (tertiary/aromatic N) is 4. The first-order chi connectivity index (χ1) is 23.8. The molecule has 48 heavy (non-hydrogen) atoms. The maximum absolute atomic E-state index is 10.5. The van der Waals surface area contributed by atoms with Crippen LogP contribution in [0.3, 0.4) is 0 Å². The molecule has 0 N–H and O–H groups in total. The van der Waals surface area contributed by atoms with E-state index in [1.807, 2.05) is 60.7 Å². The molecule has 0 aliphatic heterocycles. The summed E-state index contributed by atoms with van der Waals surface area (Å²) in [4.78, 5) is 0. The summed E-state index contributed by atoms with van der Waals surface area (Å²) in [5.74, 6) is 0. The van der Waals surface area contributed by atoms with Crippen LogP contribution < -0.4 is 0 Å². The van der Waals surface area contributed by atoms with Gasteiger partial charge in [-0.2, -0.15) is 10.5 Å². The highest BCUT2D eigenvalue weighted by molar-refractivity contribution is 6.11. The lowest BCUT2D eigenvalue weighted by Crippen LogP contribution is -2.02. The minimum atomic E-state index is 0.597. The standard InChI is InChI=1S/C44H26N4/c45-27-30-25-24-29(26-43(30)47-39-20-7-3-15-34(39)35-16-4-8-21-40(35)47)32-13-1-2-14-33(32)38-19-11-12-31(28-46)44(38)48-41-22-9-5-17-36(41)37-18-6-10-23-42(37)48/h1-26H. The minimum absolute atomic E-state index is 0.597. The van der Waals surface area contributed by atoms with E-state index < -0.39 is 0 Å². The Morgan fingerprint density at radius 2 is 0.833 bits per heavy atom. The second-order valence-corrected chi connectivity index (χ2v) is 11.9. The van der Waals surface area contributed by atoms with Crippen LogP contribution in [0.25, 0.3) is 77.2 Å². The van der Waals surface area contributed by atoms with Gasteiger partial charge in [0.2, 0.25) is 0 Å². The summed E-state index contributed by atoms with van der Waals surface area (Å²) < 4.78 is 4.44. The highest BCUT2D eigenvalue weighted by atomic mass is 15.0. The van der Waals surface area contributed by atoms with Crippen LogP contribution in [-0.2, 0) is 0 Å². The van der Waals surface area contributed by atoms with Crippen molar-refractivity contribution in [2.45, 2.75) is 0 Å². The lowest BCUT2D eigenvalue weighted by molar-refractivity contribution is 1.17. The maximum atomic E-state index is 10.5. The molecule has 222 valence electrons. The third-order valence-electron chi connectivity index (χ3n) is 9.43. The van der Waals surface area contributed by atoms with Crippen LogP contribution in [0.15, 0.2) is 158 Å². The first-order valence-corrected chi connectivity index (χ1v) is 15.9. The first-order valence-electron chi connectivity index (χ1n) is 15.9. The third-order valence-corrected chi connectivity index (χ3v) is 9.43. The van der Waals surface area contributed by atoms with Gasteiger partial charge in [0.1, 0.15) is 12.1 Å². The molecule has 0 aliphatic rings. The molecule has 0 spiro atoms. The van der Waals surface area contributed by atoms with E-state index in [9.17, 15) is 10.5 Å². The van der Waals surface area contributed by atoms with Crippen LogP contribution in [-0.4, -0.2) is 9.13 Å². The Balaban J connectivity index is 1.32. The Morgan fingerprint density at radius 1 is 0.375 bits per heavy atom. The van der Waals surface area contributed by atoms with Crippen molar-refractivity contribution in [2.75, 3.05) is 0 Å². The van der Waals surface area contributed by atoms with Gasteiger partial charge in [-0.3, -0.25) is 0 Å². The molecule has 2 heterocycles.